The van der Waals surface area contributed by atoms with Crippen molar-refractivity contribution in [2.24, 2.45) is 0 Å². The van der Waals surface area contributed by atoms with Gasteiger partial charge in [-0.3, -0.25) is 15.0 Å². The fraction of sp³-hybridized carbons (Fsp3) is 0. The second kappa shape index (κ2) is 2.60. The Morgan fingerprint density at radius 1 is 1.07 bits per heavy atom. The molecule has 3 rings (SSSR count). The Kier molecular flexibility index (Phi) is 1.39. The van der Waals surface area contributed by atoms with Crippen LogP contribution in [0.3, 0.4) is 0 Å². The van der Waals surface area contributed by atoms with Gasteiger partial charge in [-0.25, -0.2) is 4.68 Å². The lowest BCUT2D eigenvalue weighted by Crippen LogP contribution is -2.05. The number of nitrogens with one attached hydrogen (secondary N) is 2. The number of aromatic nitrogens is 2. The minimum atomic E-state index is -0.136. The van der Waals surface area contributed by atoms with Crippen LogP contribution in [0.25, 0.3) is 0 Å². The third-order valence-electron chi connectivity index (χ3n) is 2.30. The minimum Gasteiger partial charge on any atom is -0.347 e. The normalized spacial score (nSPS) is 11.2. The van der Waals surface area contributed by atoms with E-state index in [9.17, 15) is 9.59 Å². The van der Waals surface area contributed by atoms with Crippen LogP contribution in [0.15, 0.2) is 40.1 Å². The van der Waals surface area contributed by atoms with Gasteiger partial charge >= 0.3 is 0 Å². The van der Waals surface area contributed by atoms with Crippen LogP contribution in [-0.4, -0.2) is 9.66 Å². The molecule has 0 aromatic carbocycles. The maximum Gasteiger partial charge on any atom is 0.206 e. The molecule has 0 atom stereocenters. The molecule has 2 N–H and O–H groups in total. The summed E-state index contributed by atoms with van der Waals surface area (Å²) in [5, 5.41) is 0.884. The molecule has 0 amide bonds. The van der Waals surface area contributed by atoms with Crippen LogP contribution in [0.1, 0.15) is 0 Å². The fourth-order valence-electron chi connectivity index (χ4n) is 1.56. The van der Waals surface area contributed by atoms with Crippen LogP contribution in [0, 0.1) is 10.7 Å². The molecule has 0 radical (unpaired) electrons. The van der Waals surface area contributed by atoms with Crippen LogP contribution in [-0.2, 0) is 0 Å². The fourth-order valence-corrected chi connectivity index (χ4v) is 1.56. The van der Waals surface area contributed by atoms with E-state index in [0.29, 0.717) is 10.7 Å². The molecule has 2 aliphatic rings. The highest BCUT2D eigenvalue weighted by Gasteiger charge is 2.15. The average Bonchev–Trinajstić information content (AvgIpc) is 2.71. The van der Waals surface area contributed by atoms with E-state index in [1.165, 1.54) is 16.8 Å². The van der Waals surface area contributed by atoms with Gasteiger partial charge in [-0.2, -0.15) is 0 Å². The molecule has 1 aliphatic heterocycles. The summed E-state index contributed by atoms with van der Waals surface area (Å²) in [4.78, 5) is 25.6. The van der Waals surface area contributed by atoms with Crippen LogP contribution in [0.5, 0.6) is 0 Å². The minimum absolute atomic E-state index is 0.136. The van der Waals surface area contributed by atoms with E-state index in [0.717, 1.165) is 5.82 Å². The van der Waals surface area contributed by atoms with Gasteiger partial charge in [0, 0.05) is 6.20 Å². The number of aromatic amines is 1. The summed E-state index contributed by atoms with van der Waals surface area (Å²) in [5.74, 6) is 0.741. The summed E-state index contributed by atoms with van der Waals surface area (Å²) < 4.78 is 1.50. The predicted molar refractivity (Wildman–Crippen MR) is 54.5 cm³/mol. The maximum absolute atomic E-state index is 11.3. The first-order valence-corrected chi connectivity index (χ1v) is 4.48. The lowest BCUT2D eigenvalue weighted by atomic mass is 10.4. The smallest absolute Gasteiger partial charge is 0.206 e. The molecule has 5 nitrogen and oxygen atoms in total. The zero-order valence-electron chi connectivity index (χ0n) is 7.65. The summed E-state index contributed by atoms with van der Waals surface area (Å²) in [6, 6.07) is 6.22. The second-order valence-corrected chi connectivity index (χ2v) is 3.29. The molecule has 15 heavy (non-hydrogen) atoms. The van der Waals surface area contributed by atoms with Crippen molar-refractivity contribution in [1.82, 2.24) is 9.66 Å². The van der Waals surface area contributed by atoms with Gasteiger partial charge in [0.1, 0.15) is 16.5 Å². The van der Waals surface area contributed by atoms with E-state index in [2.05, 4.69) is 10.4 Å². The Morgan fingerprint density at radius 3 is 2.27 bits per heavy atom. The molecule has 2 heterocycles. The van der Waals surface area contributed by atoms with Gasteiger partial charge in [0.05, 0.1) is 0 Å². The first-order chi connectivity index (χ1) is 7.27. The van der Waals surface area contributed by atoms with E-state index in [1.54, 1.807) is 6.20 Å². The maximum atomic E-state index is 11.3. The van der Waals surface area contributed by atoms with E-state index in [4.69, 9.17) is 0 Å². The van der Waals surface area contributed by atoms with E-state index in [1.807, 2.05) is 12.1 Å². The number of rotatable bonds is 2. The second-order valence-electron chi connectivity index (χ2n) is 3.29. The van der Waals surface area contributed by atoms with Gasteiger partial charge in [0.25, 0.3) is 0 Å². The number of anilines is 1. The van der Waals surface area contributed by atoms with Crippen molar-refractivity contribution in [2.75, 3.05) is 5.43 Å². The van der Waals surface area contributed by atoms with Gasteiger partial charge in [0.15, 0.2) is 0 Å². The van der Waals surface area contributed by atoms with Crippen LogP contribution >= 0.6 is 0 Å². The van der Waals surface area contributed by atoms with Crippen molar-refractivity contribution in [1.29, 1.82) is 0 Å². The number of hydrogen-bond donors (Lipinski definition) is 2. The molecule has 0 fully saturated rings. The van der Waals surface area contributed by atoms with Crippen LogP contribution in [0.2, 0.25) is 0 Å². The molecule has 0 unspecified atom stereocenters. The van der Waals surface area contributed by atoms with Crippen molar-refractivity contribution >= 4 is 5.82 Å². The van der Waals surface area contributed by atoms with Crippen molar-refractivity contribution < 1.29 is 0 Å². The van der Waals surface area contributed by atoms with Crippen LogP contribution < -0.4 is 16.3 Å². The van der Waals surface area contributed by atoms with Crippen molar-refractivity contribution in [3.63, 3.8) is 0 Å². The first-order valence-electron chi connectivity index (χ1n) is 4.48. The van der Waals surface area contributed by atoms with Gasteiger partial charge in [-0.1, -0.05) is 0 Å². The Labute approximate surface area is 83.3 Å². The molecular weight excluding hydrogens is 194 g/mol. The Bertz CT molecular complexity index is 684. The molecule has 0 saturated carbocycles. The molecule has 5 heteroatoms. The number of nitrogens with zero attached hydrogens (tertiary/aromatic N) is 1. The summed E-state index contributed by atoms with van der Waals surface area (Å²) in [5.41, 5.74) is 2.65. The quantitative estimate of drug-likeness (QED) is 0.613. The molecule has 1 aliphatic carbocycles. The largest absolute Gasteiger partial charge is 0.347 e. The van der Waals surface area contributed by atoms with E-state index in [-0.39, 0.29) is 10.9 Å². The molecular formula is C10H7N3O2. The molecule has 1 aromatic rings. The van der Waals surface area contributed by atoms with Gasteiger partial charge in [-0.05, 0) is 24.3 Å². The zero-order chi connectivity index (χ0) is 10.4. The highest BCUT2D eigenvalue weighted by Crippen LogP contribution is 2.05. The van der Waals surface area contributed by atoms with Gasteiger partial charge in [0.2, 0.25) is 10.9 Å². The summed E-state index contributed by atoms with van der Waals surface area (Å²) in [6.07, 6.45) is 1.76. The van der Waals surface area contributed by atoms with E-state index >= 15 is 0 Å². The zero-order valence-corrected chi connectivity index (χ0v) is 7.65. The summed E-state index contributed by atoms with van der Waals surface area (Å²) in [7, 11) is 0. The summed E-state index contributed by atoms with van der Waals surface area (Å²) in [6.45, 7) is 0. The van der Waals surface area contributed by atoms with Crippen molar-refractivity contribution in [2.45, 2.75) is 0 Å². The Balaban J connectivity index is 2.12. The van der Waals surface area contributed by atoms with Gasteiger partial charge < -0.3 is 4.98 Å². The molecule has 0 spiro atoms. The molecule has 74 valence electrons. The first kappa shape index (κ1) is 8.05. The van der Waals surface area contributed by atoms with E-state index < -0.39 is 0 Å². The third-order valence-corrected chi connectivity index (χ3v) is 2.30. The highest BCUT2D eigenvalue weighted by molar-refractivity contribution is 5.35. The van der Waals surface area contributed by atoms with Crippen molar-refractivity contribution in [3.8, 4) is 0 Å². The highest BCUT2D eigenvalue weighted by atomic mass is 16.1. The van der Waals surface area contributed by atoms with Crippen LogP contribution in [0.4, 0.5) is 5.82 Å². The number of H-pyrrole nitrogens is 1. The topological polar surface area (TPSA) is 66.9 Å². The van der Waals surface area contributed by atoms with Crippen molar-refractivity contribution in [3.05, 3.63) is 61.6 Å². The molecule has 0 saturated heterocycles. The third kappa shape index (κ3) is 1.10. The monoisotopic (exact) mass is 201 g/mol. The lowest BCUT2D eigenvalue weighted by Gasteiger charge is -1.96. The molecule has 1 aromatic heterocycles. The Morgan fingerprint density at radius 2 is 1.73 bits per heavy atom. The summed E-state index contributed by atoms with van der Waals surface area (Å²) >= 11 is 0. The predicted octanol–water partition coefficient (Wildman–Crippen LogP) is 0.0122. The molecule has 0 bridgehead atoms. The van der Waals surface area contributed by atoms with Gasteiger partial charge in [-0.15, -0.1) is 0 Å². The number of hydrogen-bond acceptors (Lipinski definition) is 3. The SMILES string of the molecule is O=c1ccc(=O)c2n(Nc3ccc[nH]3)c1=2. The average molecular weight is 201 g/mol. The lowest BCUT2D eigenvalue weighted by molar-refractivity contribution is 1.01. The standard InChI is InChI=1S/C10H7N3O2/c14-6-3-4-7(15)10-9(6)13(10)12-8-2-1-5-11-8/h1-5,11-12H. The Hall–Kier alpha value is -2.30.